The number of aromatic nitrogens is 2. The third kappa shape index (κ3) is 2.80. The number of H-pyrrole nitrogens is 1. The monoisotopic (exact) mass is 382 g/mol. The van der Waals surface area contributed by atoms with Crippen molar-refractivity contribution >= 4 is 56.5 Å². The predicted octanol–water partition coefficient (Wildman–Crippen LogP) is 5.07. The van der Waals surface area contributed by atoms with Crippen LogP contribution in [0.1, 0.15) is 22.7 Å². The molecule has 3 aromatic rings. The second-order valence-corrected chi connectivity index (χ2v) is 8.27. The Hall–Kier alpha value is -1.01. The average molecular weight is 383 g/mol. The van der Waals surface area contributed by atoms with Crippen LogP contribution in [-0.4, -0.2) is 9.97 Å². The molecule has 1 aliphatic rings. The zero-order chi connectivity index (χ0) is 16.0. The number of hydrogen-bond acceptors (Lipinski definition) is 4. The molecule has 3 nitrogen and oxygen atoms in total. The molecule has 1 aromatic carbocycles. The second-order valence-electron chi connectivity index (χ2n) is 5.39. The smallest absolute Gasteiger partial charge is 0.259 e. The lowest BCUT2D eigenvalue weighted by Crippen LogP contribution is -2.11. The van der Waals surface area contributed by atoms with Crippen molar-refractivity contribution in [2.24, 2.45) is 0 Å². The second kappa shape index (κ2) is 6.13. The van der Waals surface area contributed by atoms with E-state index < -0.39 is 0 Å². The van der Waals surface area contributed by atoms with Crippen molar-refractivity contribution in [3.63, 3.8) is 0 Å². The number of nitrogens with zero attached hydrogens (tertiary/aromatic N) is 1. The van der Waals surface area contributed by atoms with Crippen LogP contribution < -0.4 is 5.56 Å². The number of rotatable bonds is 3. The summed E-state index contributed by atoms with van der Waals surface area (Å²) in [5.41, 5.74) is 1.17. The minimum absolute atomic E-state index is 0.0322. The Kier molecular flexibility index (Phi) is 4.13. The molecule has 7 heteroatoms. The van der Waals surface area contributed by atoms with Gasteiger partial charge in [0.1, 0.15) is 10.7 Å². The van der Waals surface area contributed by atoms with E-state index in [9.17, 15) is 4.79 Å². The van der Waals surface area contributed by atoms with Crippen molar-refractivity contribution in [1.82, 2.24) is 9.97 Å². The Morgan fingerprint density at radius 3 is 2.83 bits per heavy atom. The molecule has 0 spiro atoms. The predicted molar refractivity (Wildman–Crippen MR) is 98.3 cm³/mol. The van der Waals surface area contributed by atoms with Gasteiger partial charge in [0.25, 0.3) is 5.56 Å². The van der Waals surface area contributed by atoms with E-state index in [1.165, 1.54) is 22.2 Å². The van der Waals surface area contributed by atoms with Crippen LogP contribution in [0.5, 0.6) is 0 Å². The van der Waals surface area contributed by atoms with Gasteiger partial charge in [-0.2, -0.15) is 0 Å². The molecule has 0 bridgehead atoms. The van der Waals surface area contributed by atoms with Gasteiger partial charge < -0.3 is 4.98 Å². The largest absolute Gasteiger partial charge is 0.309 e. The van der Waals surface area contributed by atoms with Gasteiger partial charge in [-0.25, -0.2) is 4.98 Å². The highest BCUT2D eigenvalue weighted by molar-refractivity contribution is 7.98. The van der Waals surface area contributed by atoms with Gasteiger partial charge in [0.15, 0.2) is 0 Å². The van der Waals surface area contributed by atoms with Crippen LogP contribution in [0.15, 0.2) is 27.9 Å². The lowest BCUT2D eigenvalue weighted by molar-refractivity contribution is 0.916. The zero-order valence-electron chi connectivity index (χ0n) is 12.0. The average Bonchev–Trinajstić information content (AvgIpc) is 3.06. The molecule has 0 fully saturated rings. The van der Waals surface area contributed by atoms with Gasteiger partial charge >= 0.3 is 0 Å². The van der Waals surface area contributed by atoms with E-state index in [4.69, 9.17) is 23.2 Å². The maximum atomic E-state index is 12.4. The number of thioether (sulfide) groups is 1. The third-order valence-corrected chi connectivity index (χ3v) is 7.08. The van der Waals surface area contributed by atoms with Crippen LogP contribution in [0.3, 0.4) is 0 Å². The Morgan fingerprint density at radius 2 is 2.04 bits per heavy atom. The number of benzene rings is 1. The van der Waals surface area contributed by atoms with Crippen molar-refractivity contribution in [1.29, 1.82) is 0 Å². The molecule has 0 saturated carbocycles. The minimum atomic E-state index is -0.0322. The topological polar surface area (TPSA) is 45.8 Å². The molecule has 2 heterocycles. The molecule has 118 valence electrons. The number of aromatic amines is 1. The van der Waals surface area contributed by atoms with Crippen molar-refractivity contribution < 1.29 is 0 Å². The molecule has 0 atom stereocenters. The van der Waals surface area contributed by atoms with E-state index in [1.807, 2.05) is 6.07 Å². The Labute approximate surface area is 151 Å². The van der Waals surface area contributed by atoms with Crippen LogP contribution in [0, 0.1) is 0 Å². The zero-order valence-corrected chi connectivity index (χ0v) is 15.1. The Bertz CT molecular complexity index is 944. The summed E-state index contributed by atoms with van der Waals surface area (Å²) < 4.78 is 0. The van der Waals surface area contributed by atoms with Crippen molar-refractivity contribution in [2.75, 3.05) is 0 Å². The first-order valence-corrected chi connectivity index (χ1v) is 9.79. The van der Waals surface area contributed by atoms with Gasteiger partial charge in [0, 0.05) is 9.77 Å². The number of nitrogens with one attached hydrogen (secondary N) is 1. The van der Waals surface area contributed by atoms with E-state index >= 15 is 0 Å². The quantitative estimate of drug-likeness (QED) is 0.642. The molecule has 0 saturated heterocycles. The molecule has 1 N–H and O–H groups in total. The highest BCUT2D eigenvalue weighted by Gasteiger charge is 2.21. The van der Waals surface area contributed by atoms with Crippen LogP contribution >= 0.6 is 46.3 Å². The molecule has 0 aliphatic heterocycles. The first-order chi connectivity index (χ1) is 11.1. The Balaban J connectivity index is 1.67. The molecule has 0 unspecified atom stereocenters. The van der Waals surface area contributed by atoms with Crippen LogP contribution in [0.4, 0.5) is 0 Å². The van der Waals surface area contributed by atoms with Gasteiger partial charge in [0.05, 0.1) is 21.2 Å². The summed E-state index contributed by atoms with van der Waals surface area (Å²) in [5.74, 6) is 1.18. The lowest BCUT2D eigenvalue weighted by Gasteiger charge is -2.06. The van der Waals surface area contributed by atoms with Crippen LogP contribution in [0.2, 0.25) is 10.0 Å². The first kappa shape index (κ1) is 15.5. The summed E-state index contributed by atoms with van der Waals surface area (Å²) in [5, 5.41) is 2.01. The molecule has 4 rings (SSSR count). The summed E-state index contributed by atoms with van der Waals surface area (Å²) in [6.45, 7) is 0. The summed E-state index contributed by atoms with van der Waals surface area (Å²) in [6, 6.07) is 5.42. The van der Waals surface area contributed by atoms with Gasteiger partial charge in [-0.1, -0.05) is 29.3 Å². The normalized spacial score (nSPS) is 13.7. The number of halogens is 2. The maximum Gasteiger partial charge on any atom is 0.259 e. The Morgan fingerprint density at radius 1 is 1.26 bits per heavy atom. The van der Waals surface area contributed by atoms with Gasteiger partial charge in [0.2, 0.25) is 0 Å². The van der Waals surface area contributed by atoms with Crippen molar-refractivity contribution in [3.05, 3.63) is 54.9 Å². The fourth-order valence-corrected chi connectivity index (χ4v) is 5.71. The van der Waals surface area contributed by atoms with Gasteiger partial charge in [-0.05, 0) is 37.0 Å². The standard InChI is InChI=1S/C16H12Cl2N2OS2/c17-9-4-2-5-10(18)14(9)22-7-12-19-15(21)13-8-3-1-6-11(8)23-16(13)20-12/h2,4-5H,1,3,6-7H2,(H,19,20,21). The van der Waals surface area contributed by atoms with E-state index in [2.05, 4.69) is 9.97 Å². The lowest BCUT2D eigenvalue weighted by atomic mass is 10.2. The molecule has 0 amide bonds. The van der Waals surface area contributed by atoms with Crippen LogP contribution in [-0.2, 0) is 18.6 Å². The molecular formula is C16H12Cl2N2OS2. The number of aryl methyl sites for hydroxylation is 2. The maximum absolute atomic E-state index is 12.4. The van der Waals surface area contributed by atoms with Gasteiger partial charge in [-0.3, -0.25) is 4.79 Å². The molecule has 0 radical (unpaired) electrons. The molecule has 23 heavy (non-hydrogen) atoms. The van der Waals surface area contributed by atoms with E-state index in [1.54, 1.807) is 23.5 Å². The third-order valence-electron chi connectivity index (χ3n) is 3.90. The summed E-state index contributed by atoms with van der Waals surface area (Å²) in [4.78, 5) is 22.9. The fourth-order valence-electron chi connectivity index (χ4n) is 2.88. The summed E-state index contributed by atoms with van der Waals surface area (Å²) in [6.07, 6.45) is 3.19. The van der Waals surface area contributed by atoms with E-state index in [0.717, 1.165) is 34.4 Å². The highest BCUT2D eigenvalue weighted by Crippen LogP contribution is 2.37. The SMILES string of the molecule is O=c1[nH]c(CSc2c(Cl)cccc2Cl)nc2sc3c(c12)CCC3. The summed E-state index contributed by atoms with van der Waals surface area (Å²) in [7, 11) is 0. The van der Waals surface area contributed by atoms with Crippen molar-refractivity contribution in [3.8, 4) is 0 Å². The van der Waals surface area contributed by atoms with E-state index in [0.29, 0.717) is 21.6 Å². The number of hydrogen-bond donors (Lipinski definition) is 1. The number of thiophene rings is 1. The first-order valence-electron chi connectivity index (χ1n) is 7.24. The molecular weight excluding hydrogens is 371 g/mol. The summed E-state index contributed by atoms with van der Waals surface area (Å²) >= 11 is 15.5. The highest BCUT2D eigenvalue weighted by atomic mass is 35.5. The minimum Gasteiger partial charge on any atom is -0.309 e. The van der Waals surface area contributed by atoms with E-state index in [-0.39, 0.29) is 5.56 Å². The van der Waals surface area contributed by atoms with Crippen molar-refractivity contribution in [2.45, 2.75) is 29.9 Å². The molecule has 2 aromatic heterocycles. The number of fused-ring (bicyclic) bond motifs is 3. The van der Waals surface area contributed by atoms with Gasteiger partial charge in [-0.15, -0.1) is 23.1 Å². The molecule has 1 aliphatic carbocycles. The van der Waals surface area contributed by atoms with Crippen LogP contribution in [0.25, 0.3) is 10.2 Å². The fraction of sp³-hybridized carbons (Fsp3) is 0.250.